The Morgan fingerprint density at radius 1 is 1.30 bits per heavy atom. The molecule has 146 valence electrons. The molecule has 0 amide bonds. The number of hydrogen-bond acceptors (Lipinski definition) is 6. The number of ether oxygens (including phenoxy) is 2. The lowest BCUT2D eigenvalue weighted by Crippen LogP contribution is -2.33. The van der Waals surface area contributed by atoms with E-state index < -0.39 is 5.97 Å². The quantitative estimate of drug-likeness (QED) is 0.736. The van der Waals surface area contributed by atoms with Crippen molar-refractivity contribution in [3.05, 3.63) is 28.8 Å². The van der Waals surface area contributed by atoms with E-state index in [1.807, 2.05) is 25.1 Å². The monoisotopic (exact) mass is 390 g/mol. The Labute approximate surface area is 163 Å². The maximum Gasteiger partial charge on any atom is 0.347 e. The van der Waals surface area contributed by atoms with Crippen molar-refractivity contribution in [3.63, 3.8) is 0 Å². The molecule has 0 saturated carbocycles. The highest BCUT2D eigenvalue weighted by molar-refractivity contribution is 7.17. The van der Waals surface area contributed by atoms with Crippen LogP contribution in [-0.2, 0) is 6.42 Å². The molecule has 3 rings (SSSR count). The van der Waals surface area contributed by atoms with Gasteiger partial charge in [-0.25, -0.2) is 9.78 Å². The number of methoxy groups -OCH3 is 1. The molecule has 0 atom stereocenters. The van der Waals surface area contributed by atoms with E-state index >= 15 is 0 Å². The van der Waals surface area contributed by atoms with Gasteiger partial charge in [-0.2, -0.15) is 0 Å². The molecule has 2 aromatic rings. The van der Waals surface area contributed by atoms with Crippen molar-refractivity contribution >= 4 is 17.3 Å². The van der Waals surface area contributed by atoms with E-state index in [1.165, 1.54) is 30.6 Å². The van der Waals surface area contributed by atoms with Crippen molar-refractivity contribution in [1.29, 1.82) is 0 Å². The molecule has 0 spiro atoms. The number of carboxylic acid groups (broad SMARTS) is 1. The number of carboxylic acids is 1. The fraction of sp³-hybridized carbons (Fsp3) is 0.500. The summed E-state index contributed by atoms with van der Waals surface area (Å²) in [6.45, 7) is 5.63. The molecule has 1 aromatic carbocycles. The van der Waals surface area contributed by atoms with Gasteiger partial charge in [0.05, 0.1) is 18.4 Å². The topological polar surface area (TPSA) is 71.9 Å². The standard InChI is InChI=1S/C20H26N2O4S/c1-3-16-18(20(23)24)27-19(21-16)15-8-7-14(25-2)13-17(15)26-12-11-22-9-5-4-6-10-22/h7-8,13H,3-6,9-12H2,1-2H3,(H,23,24). The second-order valence-electron chi connectivity index (χ2n) is 6.57. The Bertz CT molecular complexity index is 784. The van der Waals surface area contributed by atoms with Crippen molar-refractivity contribution in [2.45, 2.75) is 32.6 Å². The van der Waals surface area contributed by atoms with Crippen LogP contribution in [-0.4, -0.2) is 54.3 Å². The molecule has 6 nitrogen and oxygen atoms in total. The van der Waals surface area contributed by atoms with Crippen LogP contribution in [0.25, 0.3) is 10.6 Å². The Morgan fingerprint density at radius 3 is 2.70 bits per heavy atom. The zero-order valence-corrected chi connectivity index (χ0v) is 16.7. The van der Waals surface area contributed by atoms with Gasteiger partial charge in [-0.05, 0) is 44.5 Å². The van der Waals surface area contributed by atoms with Crippen LogP contribution >= 0.6 is 11.3 Å². The molecule has 1 saturated heterocycles. The number of likely N-dealkylation sites (tertiary alicyclic amines) is 1. The van der Waals surface area contributed by atoms with E-state index in [0.29, 0.717) is 40.1 Å². The SMILES string of the molecule is CCc1nc(-c2ccc(OC)cc2OCCN2CCCCC2)sc1C(=O)O. The van der Waals surface area contributed by atoms with Crippen LogP contribution in [0.3, 0.4) is 0 Å². The number of hydrogen-bond donors (Lipinski definition) is 1. The second-order valence-corrected chi connectivity index (χ2v) is 7.57. The van der Waals surface area contributed by atoms with Crippen LogP contribution in [0.4, 0.5) is 0 Å². The van der Waals surface area contributed by atoms with Crippen LogP contribution in [0.1, 0.15) is 41.6 Å². The first kappa shape index (κ1) is 19.6. The van der Waals surface area contributed by atoms with Gasteiger partial charge in [0.15, 0.2) is 0 Å². The van der Waals surface area contributed by atoms with Crippen molar-refractivity contribution in [3.8, 4) is 22.1 Å². The molecule has 1 aliphatic heterocycles. The van der Waals surface area contributed by atoms with Crippen LogP contribution in [0.2, 0.25) is 0 Å². The highest BCUT2D eigenvalue weighted by atomic mass is 32.1. The third kappa shape index (κ3) is 4.78. The summed E-state index contributed by atoms with van der Waals surface area (Å²) in [5.74, 6) is 0.453. The number of aromatic carboxylic acids is 1. The maximum absolute atomic E-state index is 11.5. The smallest absolute Gasteiger partial charge is 0.347 e. The lowest BCUT2D eigenvalue weighted by molar-refractivity contribution is 0.0701. The van der Waals surface area contributed by atoms with Crippen LogP contribution < -0.4 is 9.47 Å². The lowest BCUT2D eigenvalue weighted by Gasteiger charge is -2.26. The van der Waals surface area contributed by atoms with E-state index in [1.54, 1.807) is 7.11 Å². The number of nitrogens with zero attached hydrogens (tertiary/aromatic N) is 2. The molecule has 27 heavy (non-hydrogen) atoms. The molecule has 0 bridgehead atoms. The lowest BCUT2D eigenvalue weighted by atomic mass is 10.1. The number of aromatic nitrogens is 1. The molecule has 7 heteroatoms. The van der Waals surface area contributed by atoms with Crippen LogP contribution in [0, 0.1) is 0 Å². The summed E-state index contributed by atoms with van der Waals surface area (Å²) in [5.41, 5.74) is 1.42. The van der Waals surface area contributed by atoms with Gasteiger partial charge in [-0.3, -0.25) is 4.90 Å². The predicted molar refractivity (Wildman–Crippen MR) is 106 cm³/mol. The molecule has 0 aliphatic carbocycles. The van der Waals surface area contributed by atoms with E-state index in [0.717, 1.165) is 25.2 Å². The van der Waals surface area contributed by atoms with Gasteiger partial charge >= 0.3 is 5.97 Å². The molecule has 1 N–H and O–H groups in total. The highest BCUT2D eigenvalue weighted by Crippen LogP contribution is 2.37. The summed E-state index contributed by atoms with van der Waals surface area (Å²) in [6, 6.07) is 5.58. The average Bonchev–Trinajstić information content (AvgIpc) is 3.13. The second kappa shape index (κ2) is 9.19. The number of benzene rings is 1. The molecule has 0 radical (unpaired) electrons. The summed E-state index contributed by atoms with van der Waals surface area (Å²) < 4.78 is 11.4. The minimum absolute atomic E-state index is 0.294. The maximum atomic E-state index is 11.5. The number of rotatable bonds is 8. The Balaban J connectivity index is 1.81. The van der Waals surface area contributed by atoms with Gasteiger partial charge in [-0.1, -0.05) is 13.3 Å². The third-order valence-electron chi connectivity index (χ3n) is 4.76. The number of thiazole rings is 1. The van der Waals surface area contributed by atoms with Crippen molar-refractivity contribution in [2.24, 2.45) is 0 Å². The Morgan fingerprint density at radius 2 is 2.07 bits per heavy atom. The molecule has 2 heterocycles. The van der Waals surface area contributed by atoms with Gasteiger partial charge < -0.3 is 14.6 Å². The van der Waals surface area contributed by atoms with Crippen LogP contribution in [0.5, 0.6) is 11.5 Å². The summed E-state index contributed by atoms with van der Waals surface area (Å²) in [4.78, 5) is 18.7. The van der Waals surface area contributed by atoms with E-state index in [9.17, 15) is 9.90 Å². The van der Waals surface area contributed by atoms with Crippen molar-refractivity contribution in [2.75, 3.05) is 33.4 Å². The molecule has 1 fully saturated rings. The molecular formula is C20H26N2O4S. The minimum atomic E-state index is -0.934. The van der Waals surface area contributed by atoms with Gasteiger partial charge in [0.25, 0.3) is 0 Å². The molecule has 0 unspecified atom stereocenters. The Kier molecular flexibility index (Phi) is 6.68. The normalized spacial score (nSPS) is 14.9. The Hall–Kier alpha value is -2.12. The molecule has 1 aliphatic rings. The zero-order chi connectivity index (χ0) is 19.2. The first-order valence-corrected chi connectivity index (χ1v) is 10.2. The predicted octanol–water partition coefficient (Wildman–Crippen LogP) is 3.94. The van der Waals surface area contributed by atoms with E-state index in [2.05, 4.69) is 9.88 Å². The van der Waals surface area contributed by atoms with Gasteiger partial charge in [0, 0.05) is 12.6 Å². The number of carbonyl (C=O) groups is 1. The highest BCUT2D eigenvalue weighted by Gasteiger charge is 2.20. The fourth-order valence-electron chi connectivity index (χ4n) is 3.27. The number of aryl methyl sites for hydroxylation is 1. The number of piperidine rings is 1. The first-order chi connectivity index (χ1) is 13.1. The summed E-state index contributed by atoms with van der Waals surface area (Å²) in [7, 11) is 1.62. The van der Waals surface area contributed by atoms with Gasteiger partial charge in [0.2, 0.25) is 0 Å². The largest absolute Gasteiger partial charge is 0.497 e. The average molecular weight is 391 g/mol. The molecule has 1 aromatic heterocycles. The van der Waals surface area contributed by atoms with Gasteiger partial charge in [0.1, 0.15) is 28.0 Å². The summed E-state index contributed by atoms with van der Waals surface area (Å²) >= 11 is 1.19. The van der Waals surface area contributed by atoms with Crippen molar-refractivity contribution < 1.29 is 19.4 Å². The molecular weight excluding hydrogens is 364 g/mol. The first-order valence-electron chi connectivity index (χ1n) is 9.39. The summed E-state index contributed by atoms with van der Waals surface area (Å²) in [5, 5.41) is 10.1. The zero-order valence-electron chi connectivity index (χ0n) is 15.9. The fourth-order valence-corrected chi connectivity index (χ4v) is 4.29. The van der Waals surface area contributed by atoms with E-state index in [4.69, 9.17) is 9.47 Å². The van der Waals surface area contributed by atoms with Crippen LogP contribution in [0.15, 0.2) is 18.2 Å². The minimum Gasteiger partial charge on any atom is -0.497 e. The van der Waals surface area contributed by atoms with Gasteiger partial charge in [-0.15, -0.1) is 11.3 Å². The third-order valence-corrected chi connectivity index (χ3v) is 5.88. The summed E-state index contributed by atoms with van der Waals surface area (Å²) in [6.07, 6.45) is 4.40. The van der Waals surface area contributed by atoms with Crippen molar-refractivity contribution in [1.82, 2.24) is 9.88 Å². The van der Waals surface area contributed by atoms with E-state index in [-0.39, 0.29) is 0 Å².